The third kappa shape index (κ3) is 3.68. The smallest absolute Gasteiger partial charge is 0.227 e. The summed E-state index contributed by atoms with van der Waals surface area (Å²) in [5, 5.41) is 2.38. The number of aromatic nitrogens is 4. The van der Waals surface area contributed by atoms with Crippen LogP contribution in [0.25, 0.3) is 72.4 Å². The molecule has 0 amide bonds. The molecule has 5 nitrogen and oxygen atoms in total. The fraction of sp³-hybridized carbons (Fsp3) is 0. The number of para-hydroxylation sites is 3. The summed E-state index contributed by atoms with van der Waals surface area (Å²) in [6.45, 7) is 0. The molecular formula is C35H22N4O. The molecule has 40 heavy (non-hydrogen) atoms. The van der Waals surface area contributed by atoms with Gasteiger partial charge in [-0.05, 0) is 54.6 Å². The van der Waals surface area contributed by atoms with Crippen molar-refractivity contribution in [2.24, 2.45) is 0 Å². The van der Waals surface area contributed by atoms with Crippen LogP contribution < -0.4 is 0 Å². The van der Waals surface area contributed by atoms with E-state index in [4.69, 9.17) is 14.4 Å². The summed E-state index contributed by atoms with van der Waals surface area (Å²) < 4.78 is 8.42. The van der Waals surface area contributed by atoms with Gasteiger partial charge in [0.1, 0.15) is 5.52 Å². The number of benzene rings is 4. The second-order valence-electron chi connectivity index (χ2n) is 9.80. The van der Waals surface area contributed by atoms with Crippen molar-refractivity contribution >= 4 is 32.9 Å². The van der Waals surface area contributed by atoms with E-state index < -0.39 is 0 Å². The highest BCUT2D eigenvalue weighted by atomic mass is 16.3. The number of rotatable bonds is 4. The molecule has 0 fully saturated rings. The van der Waals surface area contributed by atoms with Gasteiger partial charge in [0.25, 0.3) is 0 Å². The maximum atomic E-state index is 6.11. The first kappa shape index (κ1) is 22.4. The van der Waals surface area contributed by atoms with Crippen LogP contribution in [0, 0.1) is 0 Å². The van der Waals surface area contributed by atoms with Crippen molar-refractivity contribution in [2.75, 3.05) is 0 Å². The number of hydrogen-bond acceptors (Lipinski definition) is 4. The Morgan fingerprint density at radius 2 is 1.40 bits per heavy atom. The van der Waals surface area contributed by atoms with Gasteiger partial charge in [0, 0.05) is 57.3 Å². The van der Waals surface area contributed by atoms with Crippen LogP contribution in [0.3, 0.4) is 0 Å². The van der Waals surface area contributed by atoms with E-state index in [2.05, 4.69) is 88.4 Å². The van der Waals surface area contributed by atoms with Gasteiger partial charge in [0.05, 0.1) is 16.7 Å². The van der Waals surface area contributed by atoms with E-state index in [9.17, 15) is 0 Å². The number of hydrogen-bond donors (Lipinski definition) is 0. The first-order valence-corrected chi connectivity index (χ1v) is 13.2. The fourth-order valence-electron chi connectivity index (χ4n) is 5.45. The summed E-state index contributed by atoms with van der Waals surface area (Å²) in [5.41, 5.74) is 9.95. The van der Waals surface area contributed by atoms with E-state index in [-0.39, 0.29) is 0 Å². The second kappa shape index (κ2) is 9.03. The van der Waals surface area contributed by atoms with Crippen LogP contribution in [0.5, 0.6) is 0 Å². The first-order chi connectivity index (χ1) is 19.8. The average Bonchev–Trinajstić information content (AvgIpc) is 3.61. The topological polar surface area (TPSA) is 56.7 Å². The van der Waals surface area contributed by atoms with Crippen molar-refractivity contribution in [3.8, 4) is 39.5 Å². The van der Waals surface area contributed by atoms with Crippen LogP contribution in [0.1, 0.15) is 0 Å². The largest absolute Gasteiger partial charge is 0.436 e. The van der Waals surface area contributed by atoms with Gasteiger partial charge in [-0.15, -0.1) is 0 Å². The molecule has 4 heterocycles. The van der Waals surface area contributed by atoms with Gasteiger partial charge < -0.3 is 8.98 Å². The molecule has 188 valence electrons. The second-order valence-corrected chi connectivity index (χ2v) is 9.80. The van der Waals surface area contributed by atoms with Crippen LogP contribution in [-0.2, 0) is 0 Å². The Labute approximate surface area is 230 Å². The molecule has 0 radical (unpaired) electrons. The minimum absolute atomic E-state index is 0.617. The van der Waals surface area contributed by atoms with Gasteiger partial charge in [0.2, 0.25) is 5.89 Å². The number of oxazole rings is 1. The Bertz CT molecular complexity index is 2130. The normalized spacial score (nSPS) is 11.5. The Balaban J connectivity index is 1.27. The molecule has 0 N–H and O–H groups in total. The predicted molar refractivity (Wildman–Crippen MR) is 160 cm³/mol. The zero-order valence-corrected chi connectivity index (χ0v) is 21.4. The number of fused-ring (bicyclic) bond motifs is 4. The van der Waals surface area contributed by atoms with Gasteiger partial charge in [-0.25, -0.2) is 4.98 Å². The van der Waals surface area contributed by atoms with Crippen LogP contribution in [0.2, 0.25) is 0 Å². The van der Waals surface area contributed by atoms with Crippen LogP contribution in [-0.4, -0.2) is 19.5 Å². The summed E-state index contributed by atoms with van der Waals surface area (Å²) in [7, 11) is 0. The van der Waals surface area contributed by atoms with E-state index in [1.54, 1.807) is 6.20 Å². The molecule has 8 aromatic rings. The van der Waals surface area contributed by atoms with Crippen LogP contribution in [0.15, 0.2) is 138 Å². The lowest BCUT2D eigenvalue weighted by Gasteiger charge is -2.11. The van der Waals surface area contributed by atoms with Gasteiger partial charge in [-0.1, -0.05) is 60.7 Å². The quantitative estimate of drug-likeness (QED) is 0.236. The Morgan fingerprint density at radius 3 is 2.27 bits per heavy atom. The molecule has 4 aromatic carbocycles. The van der Waals surface area contributed by atoms with E-state index in [0.717, 1.165) is 55.8 Å². The molecule has 0 unspecified atom stereocenters. The molecule has 0 spiro atoms. The Morgan fingerprint density at radius 1 is 0.575 bits per heavy atom. The van der Waals surface area contributed by atoms with Crippen LogP contribution in [0.4, 0.5) is 0 Å². The molecular weight excluding hydrogens is 492 g/mol. The van der Waals surface area contributed by atoms with Gasteiger partial charge in [0.15, 0.2) is 5.58 Å². The highest BCUT2D eigenvalue weighted by molar-refractivity contribution is 6.10. The summed E-state index contributed by atoms with van der Waals surface area (Å²) in [4.78, 5) is 13.8. The maximum absolute atomic E-state index is 6.11. The third-order valence-electron chi connectivity index (χ3n) is 7.37. The highest BCUT2D eigenvalue weighted by Crippen LogP contribution is 2.36. The van der Waals surface area contributed by atoms with Crippen molar-refractivity contribution < 1.29 is 4.42 Å². The monoisotopic (exact) mass is 514 g/mol. The average molecular weight is 515 g/mol. The summed E-state index contributed by atoms with van der Waals surface area (Å²) in [6.07, 6.45) is 5.54. The van der Waals surface area contributed by atoms with Gasteiger partial charge in [-0.2, -0.15) is 0 Å². The van der Waals surface area contributed by atoms with E-state index >= 15 is 0 Å². The fourth-order valence-corrected chi connectivity index (χ4v) is 5.45. The minimum atomic E-state index is 0.617. The van der Waals surface area contributed by atoms with E-state index in [1.807, 2.05) is 48.8 Å². The Hall–Kier alpha value is -5.55. The molecule has 4 aromatic heterocycles. The van der Waals surface area contributed by atoms with E-state index in [0.29, 0.717) is 5.89 Å². The molecule has 5 heteroatoms. The lowest BCUT2D eigenvalue weighted by molar-refractivity contribution is 0.620. The van der Waals surface area contributed by atoms with Gasteiger partial charge in [-0.3, -0.25) is 9.97 Å². The van der Waals surface area contributed by atoms with Crippen molar-refractivity contribution in [3.05, 3.63) is 134 Å². The summed E-state index contributed by atoms with van der Waals surface area (Å²) >= 11 is 0. The van der Waals surface area contributed by atoms with Crippen molar-refractivity contribution in [1.82, 2.24) is 19.5 Å². The molecule has 0 saturated heterocycles. The van der Waals surface area contributed by atoms with Crippen LogP contribution >= 0.6 is 0 Å². The SMILES string of the molecule is c1cncc(-c2ccc(-c3cccc(-n4c5ccccc5c5ccc(-c6nc7ccccc7o6)cc54)c3)nc2)c1. The Kier molecular flexibility index (Phi) is 5.07. The number of nitrogens with zero attached hydrogens (tertiary/aromatic N) is 4. The van der Waals surface area contributed by atoms with E-state index in [1.165, 1.54) is 10.8 Å². The zero-order chi connectivity index (χ0) is 26.5. The summed E-state index contributed by atoms with van der Waals surface area (Å²) in [6, 6.07) is 39.5. The molecule has 0 aliphatic rings. The summed E-state index contributed by atoms with van der Waals surface area (Å²) in [5.74, 6) is 0.617. The van der Waals surface area contributed by atoms with Crippen molar-refractivity contribution in [3.63, 3.8) is 0 Å². The standard InChI is InChI=1S/C35H22N4O/c1-3-12-32-28(10-1)29-16-14-24(35-38-31-11-2-4-13-34(31)40-35)20-33(29)39(32)27-9-5-7-23(19-27)30-17-15-26(22-37-30)25-8-6-18-36-21-25/h1-22H. The zero-order valence-electron chi connectivity index (χ0n) is 21.4. The third-order valence-corrected chi connectivity index (χ3v) is 7.37. The van der Waals surface area contributed by atoms with Crippen molar-refractivity contribution in [1.29, 1.82) is 0 Å². The molecule has 0 saturated carbocycles. The predicted octanol–water partition coefficient (Wildman–Crippen LogP) is 8.72. The minimum Gasteiger partial charge on any atom is -0.436 e. The maximum Gasteiger partial charge on any atom is 0.227 e. The first-order valence-electron chi connectivity index (χ1n) is 13.2. The molecule has 0 aliphatic carbocycles. The molecule has 0 bridgehead atoms. The number of pyridine rings is 2. The lowest BCUT2D eigenvalue weighted by Crippen LogP contribution is -1.95. The molecule has 0 aliphatic heterocycles. The molecule has 0 atom stereocenters. The van der Waals surface area contributed by atoms with Gasteiger partial charge >= 0.3 is 0 Å². The van der Waals surface area contributed by atoms with Crippen molar-refractivity contribution in [2.45, 2.75) is 0 Å². The highest BCUT2D eigenvalue weighted by Gasteiger charge is 2.16. The molecule has 8 rings (SSSR count). The lowest BCUT2D eigenvalue weighted by atomic mass is 10.1.